The van der Waals surface area contributed by atoms with Gasteiger partial charge in [-0.25, -0.2) is 19.4 Å². The minimum absolute atomic E-state index is 0.0717. The lowest BCUT2D eigenvalue weighted by molar-refractivity contribution is -0.0541. The van der Waals surface area contributed by atoms with Gasteiger partial charge in [0.2, 0.25) is 0 Å². The summed E-state index contributed by atoms with van der Waals surface area (Å²) < 4.78 is 36.0. The molecule has 15 nitrogen and oxygen atoms in total. The summed E-state index contributed by atoms with van der Waals surface area (Å²) in [6.45, 7) is -0.881. The summed E-state index contributed by atoms with van der Waals surface area (Å²) in [7, 11) is -9.18. The second kappa shape index (κ2) is 8.43. The lowest BCUT2D eigenvalue weighted by Crippen LogP contribution is -2.36. The van der Waals surface area contributed by atoms with E-state index in [4.69, 9.17) is 14.5 Å². The van der Waals surface area contributed by atoms with Crippen LogP contribution in [-0.2, 0) is 27.5 Å². The van der Waals surface area contributed by atoms with Gasteiger partial charge in [0, 0.05) is 6.20 Å². The number of aromatic nitrogens is 2. The Balaban J connectivity index is 2.08. The molecule has 1 aliphatic rings. The van der Waals surface area contributed by atoms with Crippen LogP contribution in [0.1, 0.15) is 6.23 Å². The second-order valence-corrected chi connectivity index (χ2v) is 8.02. The number of hydrogen-bond acceptors (Lipinski definition) is 11. The van der Waals surface area contributed by atoms with E-state index >= 15 is 0 Å². The van der Waals surface area contributed by atoms with Crippen molar-refractivity contribution in [2.24, 2.45) is 0 Å². The summed E-state index contributed by atoms with van der Waals surface area (Å²) in [6, 6.07) is 1.31. The molecule has 1 aromatic heterocycles. The molecule has 0 saturated carbocycles. The number of nitrogens with one attached hydrogen (secondary N) is 1. The lowest BCUT2D eigenvalue weighted by Gasteiger charge is -2.18. The van der Waals surface area contributed by atoms with Gasteiger partial charge in [0.1, 0.15) is 18.3 Å². The highest BCUT2D eigenvalue weighted by molar-refractivity contribution is 7.60. The maximum Gasteiger partial charge on any atom is 0.481 e. The second-order valence-electron chi connectivity index (χ2n) is 5.19. The van der Waals surface area contributed by atoms with Gasteiger partial charge in [-0.1, -0.05) is 0 Å². The van der Waals surface area contributed by atoms with Crippen LogP contribution in [-0.4, -0.2) is 66.5 Å². The molecule has 0 amide bonds. The van der Waals surface area contributed by atoms with Gasteiger partial charge < -0.3 is 29.6 Å². The van der Waals surface area contributed by atoms with Crippen molar-refractivity contribution >= 4 is 21.5 Å². The molecule has 27 heavy (non-hydrogen) atoms. The lowest BCUT2D eigenvalue weighted by atomic mass is 10.1. The average Bonchev–Trinajstić information content (AvgIpc) is 2.79. The number of ether oxygens (including phenoxy) is 1. The number of anilines is 1. The maximum absolute atomic E-state index is 12.0. The zero-order valence-electron chi connectivity index (χ0n) is 13.6. The predicted molar refractivity (Wildman–Crippen MR) is 84.0 cm³/mol. The van der Waals surface area contributed by atoms with E-state index in [0.29, 0.717) is 0 Å². The molecule has 17 heteroatoms. The van der Waals surface area contributed by atoms with E-state index in [0.717, 1.165) is 4.57 Å². The summed E-state index contributed by atoms with van der Waals surface area (Å²) in [5.74, 6) is 0.0717. The molecule has 2 heterocycles. The van der Waals surface area contributed by atoms with Crippen LogP contribution in [0.3, 0.4) is 0 Å². The summed E-state index contributed by atoms with van der Waals surface area (Å²) in [5.41, 5.74) is 1.45. The minimum Gasteiger partial charge on any atom is -0.387 e. The average molecular weight is 433 g/mol. The Labute approximate surface area is 150 Å². The van der Waals surface area contributed by atoms with Crippen LogP contribution in [0.15, 0.2) is 17.1 Å². The SMILES string of the molecule is CONc1ccn([C@@H]2O[C@H](COP(=O)(O)OP(=O)(O)O)[C@@H](O)[C@H]2O)c(=O)n1. The molecule has 0 bridgehead atoms. The molecule has 6 N–H and O–H groups in total. The van der Waals surface area contributed by atoms with E-state index in [1.807, 2.05) is 0 Å². The van der Waals surface area contributed by atoms with Crippen molar-refractivity contribution in [3.63, 3.8) is 0 Å². The first kappa shape index (κ1) is 22.1. The molecule has 154 valence electrons. The van der Waals surface area contributed by atoms with Gasteiger partial charge in [0.25, 0.3) is 0 Å². The van der Waals surface area contributed by atoms with Crippen molar-refractivity contribution in [3.8, 4) is 0 Å². The van der Waals surface area contributed by atoms with Gasteiger partial charge in [-0.3, -0.25) is 13.9 Å². The number of aliphatic hydroxyl groups is 2. The molecular weight excluding hydrogens is 416 g/mol. The molecule has 1 unspecified atom stereocenters. The number of phosphoric acid groups is 2. The van der Waals surface area contributed by atoms with E-state index in [1.54, 1.807) is 0 Å². The maximum atomic E-state index is 12.0. The molecule has 1 aromatic rings. The smallest absolute Gasteiger partial charge is 0.387 e. The van der Waals surface area contributed by atoms with Crippen molar-refractivity contribution in [1.29, 1.82) is 0 Å². The van der Waals surface area contributed by atoms with E-state index in [-0.39, 0.29) is 5.82 Å². The van der Waals surface area contributed by atoms with Gasteiger partial charge in [-0.2, -0.15) is 9.29 Å². The highest BCUT2D eigenvalue weighted by atomic mass is 31.3. The highest BCUT2D eigenvalue weighted by Crippen LogP contribution is 2.57. The Morgan fingerprint density at radius 3 is 2.52 bits per heavy atom. The fourth-order valence-corrected chi connectivity index (χ4v) is 3.79. The normalized spacial score (nSPS) is 28.1. The van der Waals surface area contributed by atoms with E-state index < -0.39 is 52.5 Å². The first-order valence-corrected chi connectivity index (χ1v) is 10.1. The number of hydrogen-bond donors (Lipinski definition) is 6. The standard InChI is InChI=1S/C10H17N3O12P2/c1-22-12-6-2-3-13(10(16)11-6)9-8(15)7(14)5(24-9)4-23-27(20,21)25-26(17,18)19/h2-3,5,7-9,14-15H,4H2,1H3,(H,20,21)(H,11,12,16)(H2,17,18,19)/t5-,7-,8-,9-/m1/s1. The molecule has 0 aliphatic carbocycles. The Hall–Kier alpha value is -1.22. The molecule has 1 aliphatic heterocycles. The van der Waals surface area contributed by atoms with Crippen LogP contribution in [0.2, 0.25) is 0 Å². The quantitative estimate of drug-likeness (QED) is 0.194. The summed E-state index contributed by atoms with van der Waals surface area (Å²) in [6.07, 6.45) is -4.94. The van der Waals surface area contributed by atoms with Crippen molar-refractivity contribution in [3.05, 3.63) is 22.7 Å². The van der Waals surface area contributed by atoms with Crippen LogP contribution < -0.4 is 11.2 Å². The third-order valence-corrected chi connectivity index (χ3v) is 5.41. The molecule has 1 saturated heterocycles. The Morgan fingerprint density at radius 1 is 1.30 bits per heavy atom. The fourth-order valence-electron chi connectivity index (χ4n) is 2.19. The third-order valence-electron chi connectivity index (χ3n) is 3.26. The fraction of sp³-hybridized carbons (Fsp3) is 0.600. The molecule has 1 fully saturated rings. The summed E-state index contributed by atoms with van der Waals surface area (Å²) in [4.78, 5) is 46.4. The highest BCUT2D eigenvalue weighted by Gasteiger charge is 2.45. The number of phosphoric ester groups is 1. The van der Waals surface area contributed by atoms with Crippen LogP contribution in [0.4, 0.5) is 5.82 Å². The number of rotatable bonds is 8. The Morgan fingerprint density at radius 2 is 1.96 bits per heavy atom. The monoisotopic (exact) mass is 433 g/mol. The van der Waals surface area contributed by atoms with Gasteiger partial charge >= 0.3 is 21.3 Å². The first-order chi connectivity index (χ1) is 12.4. The first-order valence-electron chi connectivity index (χ1n) is 7.07. The summed E-state index contributed by atoms with van der Waals surface area (Å²) >= 11 is 0. The van der Waals surface area contributed by atoms with Gasteiger partial charge in [0.05, 0.1) is 13.7 Å². The molecule has 0 radical (unpaired) electrons. The molecular formula is C10H17N3O12P2. The Bertz CT molecular complexity index is 811. The van der Waals surface area contributed by atoms with Crippen molar-refractivity contribution < 1.29 is 52.4 Å². The van der Waals surface area contributed by atoms with Crippen LogP contribution in [0, 0.1) is 0 Å². The van der Waals surface area contributed by atoms with E-state index in [9.17, 15) is 29.0 Å². The third kappa shape index (κ3) is 5.88. The van der Waals surface area contributed by atoms with E-state index in [2.05, 4.69) is 24.1 Å². The van der Waals surface area contributed by atoms with Crippen LogP contribution in [0.25, 0.3) is 0 Å². The zero-order chi connectivity index (χ0) is 20.4. The van der Waals surface area contributed by atoms with E-state index in [1.165, 1.54) is 19.4 Å². The number of aliphatic hydroxyl groups excluding tert-OH is 2. The number of nitrogens with zero attached hydrogens (tertiary/aromatic N) is 2. The molecule has 5 atom stereocenters. The van der Waals surface area contributed by atoms with Crippen molar-refractivity contribution in [2.75, 3.05) is 19.2 Å². The van der Waals surface area contributed by atoms with Gasteiger partial charge in [0.15, 0.2) is 12.0 Å². The molecule has 0 spiro atoms. The van der Waals surface area contributed by atoms with Crippen molar-refractivity contribution in [2.45, 2.75) is 24.5 Å². The Kier molecular flexibility index (Phi) is 6.89. The van der Waals surface area contributed by atoms with Crippen molar-refractivity contribution in [1.82, 2.24) is 9.55 Å². The van der Waals surface area contributed by atoms with Gasteiger partial charge in [-0.15, -0.1) is 0 Å². The van der Waals surface area contributed by atoms with Crippen LogP contribution in [0.5, 0.6) is 0 Å². The molecule has 0 aromatic carbocycles. The van der Waals surface area contributed by atoms with Crippen LogP contribution >= 0.6 is 15.6 Å². The summed E-state index contributed by atoms with van der Waals surface area (Å²) in [5, 5.41) is 20.0. The molecule has 2 rings (SSSR count). The minimum atomic E-state index is -5.31. The predicted octanol–water partition coefficient (Wildman–Crippen LogP) is -1.94. The topological polar surface area (TPSA) is 219 Å². The zero-order valence-corrected chi connectivity index (χ0v) is 15.3. The van der Waals surface area contributed by atoms with Gasteiger partial charge in [-0.05, 0) is 6.07 Å². The largest absolute Gasteiger partial charge is 0.481 e.